The Labute approximate surface area is 186 Å². The van der Waals surface area contributed by atoms with E-state index < -0.39 is 18.0 Å². The summed E-state index contributed by atoms with van der Waals surface area (Å²) in [5, 5.41) is 15.1. The molecule has 0 bridgehead atoms. The number of methoxy groups -OCH3 is 1. The molecule has 1 fully saturated rings. The summed E-state index contributed by atoms with van der Waals surface area (Å²) >= 11 is 0. The van der Waals surface area contributed by atoms with Crippen LogP contribution in [-0.2, 0) is 0 Å². The van der Waals surface area contributed by atoms with Gasteiger partial charge in [0, 0.05) is 30.3 Å². The summed E-state index contributed by atoms with van der Waals surface area (Å²) in [5.74, 6) is 0.0232. The van der Waals surface area contributed by atoms with Crippen LogP contribution < -0.4 is 9.47 Å². The molecule has 0 radical (unpaired) electrons. The molecule has 1 aliphatic heterocycles. The Kier molecular flexibility index (Phi) is 6.14. The number of β-amino-alcohol motifs (C(OH)–C–C–N with tert-alkyl or cyclic N) is 1. The molecule has 4 rings (SSSR count). The zero-order valence-corrected chi connectivity index (χ0v) is 18.3. The zero-order valence-electron chi connectivity index (χ0n) is 18.3. The van der Waals surface area contributed by atoms with Gasteiger partial charge in [0.05, 0.1) is 25.0 Å². The lowest BCUT2D eigenvalue weighted by atomic mass is 10.0. The van der Waals surface area contributed by atoms with Crippen LogP contribution in [0, 0.1) is 19.7 Å². The molecule has 3 aromatic rings. The first kappa shape index (κ1) is 21.8. The van der Waals surface area contributed by atoms with Gasteiger partial charge in [-0.2, -0.15) is 5.10 Å². The van der Waals surface area contributed by atoms with Crippen LogP contribution in [0.15, 0.2) is 48.5 Å². The highest BCUT2D eigenvalue weighted by atomic mass is 19.1. The standard InChI is InChI=1S/C24H26FN3O4/c1-15-11-16(2)28(26-15)19-6-4-5-17(12-19)24(30)27-10-9-21(20(29)14-27)32-22-8-7-18(25)13-23(22)31-3/h4-8,11-13,20-21,29H,9-10,14H2,1-3H3/t20-,21-/m1/s1. The summed E-state index contributed by atoms with van der Waals surface area (Å²) < 4.78 is 26.3. The topological polar surface area (TPSA) is 76.8 Å². The number of hydrogen-bond acceptors (Lipinski definition) is 5. The van der Waals surface area contributed by atoms with Gasteiger partial charge in [-0.05, 0) is 50.2 Å². The molecule has 2 heterocycles. The van der Waals surface area contributed by atoms with Crippen molar-refractivity contribution < 1.29 is 23.8 Å². The Bertz CT molecular complexity index is 1130. The number of halogens is 1. The minimum atomic E-state index is -0.887. The van der Waals surface area contributed by atoms with E-state index in [4.69, 9.17) is 9.47 Å². The summed E-state index contributed by atoms with van der Waals surface area (Å²) in [6.07, 6.45) is -0.981. The van der Waals surface area contributed by atoms with Gasteiger partial charge < -0.3 is 19.5 Å². The molecule has 7 nitrogen and oxygen atoms in total. The van der Waals surface area contributed by atoms with E-state index in [9.17, 15) is 14.3 Å². The summed E-state index contributed by atoms with van der Waals surface area (Å²) in [6.45, 7) is 4.45. The minimum absolute atomic E-state index is 0.136. The number of rotatable bonds is 5. The number of aliphatic hydroxyl groups excluding tert-OH is 1. The summed E-state index contributed by atoms with van der Waals surface area (Å²) in [4.78, 5) is 14.7. The van der Waals surface area contributed by atoms with Gasteiger partial charge in [-0.15, -0.1) is 0 Å². The monoisotopic (exact) mass is 439 g/mol. The summed E-state index contributed by atoms with van der Waals surface area (Å²) in [5.41, 5.74) is 3.23. The number of aryl methyl sites for hydroxylation is 2. The second kappa shape index (κ2) is 9.00. The molecule has 2 aromatic carbocycles. The van der Waals surface area contributed by atoms with E-state index in [0.717, 1.165) is 17.1 Å². The number of aromatic nitrogens is 2. The maximum atomic E-state index is 13.4. The number of ether oxygens (including phenoxy) is 2. The minimum Gasteiger partial charge on any atom is -0.493 e. The van der Waals surface area contributed by atoms with E-state index in [-0.39, 0.29) is 18.2 Å². The van der Waals surface area contributed by atoms with Crippen molar-refractivity contribution in [1.82, 2.24) is 14.7 Å². The number of benzene rings is 2. The molecule has 0 spiro atoms. The van der Waals surface area contributed by atoms with E-state index >= 15 is 0 Å². The average molecular weight is 439 g/mol. The molecule has 2 atom stereocenters. The summed E-state index contributed by atoms with van der Waals surface area (Å²) in [6, 6.07) is 13.3. The molecule has 1 amide bonds. The van der Waals surface area contributed by atoms with Gasteiger partial charge in [-0.3, -0.25) is 4.79 Å². The predicted molar refractivity (Wildman–Crippen MR) is 117 cm³/mol. The molecule has 0 aliphatic carbocycles. The van der Waals surface area contributed by atoms with Crippen LogP contribution in [-0.4, -0.2) is 58.1 Å². The Morgan fingerprint density at radius 3 is 2.66 bits per heavy atom. The van der Waals surface area contributed by atoms with Crippen molar-refractivity contribution >= 4 is 5.91 Å². The van der Waals surface area contributed by atoms with Crippen LogP contribution in [0.25, 0.3) is 5.69 Å². The Morgan fingerprint density at radius 1 is 1.16 bits per heavy atom. The molecule has 0 unspecified atom stereocenters. The fraction of sp³-hybridized carbons (Fsp3) is 0.333. The Morgan fingerprint density at radius 2 is 1.97 bits per heavy atom. The largest absolute Gasteiger partial charge is 0.493 e. The molecule has 1 aliphatic rings. The zero-order chi connectivity index (χ0) is 22.8. The maximum Gasteiger partial charge on any atom is 0.254 e. The second-order valence-corrected chi connectivity index (χ2v) is 7.95. The van der Waals surface area contributed by atoms with E-state index in [2.05, 4.69) is 5.10 Å². The maximum absolute atomic E-state index is 13.4. The molecule has 1 N–H and O–H groups in total. The number of nitrogens with zero attached hydrogens (tertiary/aromatic N) is 3. The second-order valence-electron chi connectivity index (χ2n) is 7.95. The van der Waals surface area contributed by atoms with Gasteiger partial charge in [0.1, 0.15) is 18.0 Å². The van der Waals surface area contributed by atoms with Crippen LogP contribution in [0.1, 0.15) is 28.2 Å². The number of carbonyl (C=O) groups is 1. The van der Waals surface area contributed by atoms with E-state index in [1.165, 1.54) is 25.3 Å². The quantitative estimate of drug-likeness (QED) is 0.660. The van der Waals surface area contributed by atoms with Crippen molar-refractivity contribution in [2.75, 3.05) is 20.2 Å². The third-order valence-electron chi connectivity index (χ3n) is 5.56. The number of carbonyl (C=O) groups excluding carboxylic acids is 1. The van der Waals surface area contributed by atoms with Gasteiger partial charge >= 0.3 is 0 Å². The average Bonchev–Trinajstić information content (AvgIpc) is 3.13. The first-order valence-electron chi connectivity index (χ1n) is 10.5. The molecule has 168 valence electrons. The highest BCUT2D eigenvalue weighted by Crippen LogP contribution is 2.30. The molecular weight excluding hydrogens is 413 g/mol. The number of piperidine rings is 1. The van der Waals surface area contributed by atoms with Crippen molar-refractivity contribution in [2.45, 2.75) is 32.5 Å². The van der Waals surface area contributed by atoms with Crippen molar-refractivity contribution in [3.8, 4) is 17.2 Å². The van der Waals surface area contributed by atoms with E-state index in [1.807, 2.05) is 32.0 Å². The SMILES string of the molecule is COc1cc(F)ccc1O[C@@H]1CCN(C(=O)c2cccc(-n3nc(C)cc3C)c2)C[C@H]1O. The molecule has 8 heteroatoms. The highest BCUT2D eigenvalue weighted by Gasteiger charge is 2.32. The van der Waals surface area contributed by atoms with Crippen LogP contribution in [0.3, 0.4) is 0 Å². The number of likely N-dealkylation sites (tertiary alicyclic amines) is 1. The highest BCUT2D eigenvalue weighted by molar-refractivity contribution is 5.94. The number of hydrogen-bond donors (Lipinski definition) is 1. The molecule has 1 aromatic heterocycles. The lowest BCUT2D eigenvalue weighted by molar-refractivity contribution is -0.0207. The Balaban J connectivity index is 1.45. The van der Waals surface area contributed by atoms with Crippen LogP contribution >= 0.6 is 0 Å². The predicted octanol–water partition coefficient (Wildman–Crippen LogP) is 3.29. The smallest absolute Gasteiger partial charge is 0.254 e. The van der Waals surface area contributed by atoms with Crippen molar-refractivity contribution in [3.63, 3.8) is 0 Å². The molecule has 32 heavy (non-hydrogen) atoms. The van der Waals surface area contributed by atoms with Gasteiger partial charge in [0.25, 0.3) is 5.91 Å². The van der Waals surface area contributed by atoms with Gasteiger partial charge in [-0.1, -0.05) is 6.07 Å². The fourth-order valence-electron chi connectivity index (χ4n) is 3.98. The van der Waals surface area contributed by atoms with Gasteiger partial charge in [0.15, 0.2) is 11.5 Å². The summed E-state index contributed by atoms with van der Waals surface area (Å²) in [7, 11) is 1.43. The van der Waals surface area contributed by atoms with Crippen LogP contribution in [0.5, 0.6) is 11.5 Å². The number of aliphatic hydroxyl groups is 1. The van der Waals surface area contributed by atoms with Crippen LogP contribution in [0.4, 0.5) is 4.39 Å². The normalized spacial score (nSPS) is 18.5. The third kappa shape index (κ3) is 4.45. The van der Waals surface area contributed by atoms with Crippen molar-refractivity contribution in [3.05, 3.63) is 71.3 Å². The number of amides is 1. The van der Waals surface area contributed by atoms with Gasteiger partial charge in [0.2, 0.25) is 0 Å². The lowest BCUT2D eigenvalue weighted by Gasteiger charge is -2.36. The first-order valence-corrected chi connectivity index (χ1v) is 10.5. The lowest BCUT2D eigenvalue weighted by Crippen LogP contribution is -2.51. The van der Waals surface area contributed by atoms with Crippen molar-refractivity contribution in [1.29, 1.82) is 0 Å². The van der Waals surface area contributed by atoms with E-state index in [1.54, 1.807) is 21.7 Å². The molecule has 0 saturated carbocycles. The molecule has 1 saturated heterocycles. The van der Waals surface area contributed by atoms with Crippen molar-refractivity contribution in [2.24, 2.45) is 0 Å². The van der Waals surface area contributed by atoms with Crippen LogP contribution in [0.2, 0.25) is 0 Å². The molecular formula is C24H26FN3O4. The van der Waals surface area contributed by atoms with Gasteiger partial charge in [-0.25, -0.2) is 9.07 Å². The third-order valence-corrected chi connectivity index (χ3v) is 5.56. The fourth-order valence-corrected chi connectivity index (χ4v) is 3.98. The van der Waals surface area contributed by atoms with E-state index in [0.29, 0.717) is 24.3 Å². The first-order chi connectivity index (χ1) is 15.4. The Hall–Kier alpha value is -3.39.